The van der Waals surface area contributed by atoms with Gasteiger partial charge in [0.15, 0.2) is 6.23 Å². The lowest BCUT2D eigenvalue weighted by molar-refractivity contribution is -0.0685. The summed E-state index contributed by atoms with van der Waals surface area (Å²) in [6, 6.07) is 0. The van der Waals surface area contributed by atoms with Gasteiger partial charge < -0.3 is 14.4 Å². The molecule has 9 nitrogen and oxygen atoms in total. The first-order chi connectivity index (χ1) is 10.8. The van der Waals surface area contributed by atoms with Gasteiger partial charge in [0, 0.05) is 31.2 Å². The van der Waals surface area contributed by atoms with E-state index in [1.807, 2.05) is 13.1 Å². The molecule has 1 fully saturated rings. The van der Waals surface area contributed by atoms with E-state index in [1.54, 1.807) is 10.8 Å². The van der Waals surface area contributed by atoms with Crippen LogP contribution >= 0.6 is 0 Å². The Kier molecular flexibility index (Phi) is 4.10. The molecule has 23 heavy (non-hydrogen) atoms. The van der Waals surface area contributed by atoms with Crippen molar-refractivity contribution in [2.75, 3.05) is 7.05 Å². The summed E-state index contributed by atoms with van der Waals surface area (Å²) in [4.78, 5) is 8.26. The van der Waals surface area contributed by atoms with Crippen LogP contribution in [0, 0.1) is 0 Å². The number of aliphatic hydroxyl groups excluding tert-OH is 1. The zero-order valence-corrected chi connectivity index (χ0v) is 13.5. The van der Waals surface area contributed by atoms with E-state index in [1.165, 1.54) is 6.33 Å². The van der Waals surface area contributed by atoms with Crippen molar-refractivity contribution >= 4 is 21.3 Å². The van der Waals surface area contributed by atoms with Crippen LogP contribution in [0.25, 0.3) is 11.0 Å². The molecule has 0 spiro atoms. The predicted molar refractivity (Wildman–Crippen MR) is 80.8 cm³/mol. The summed E-state index contributed by atoms with van der Waals surface area (Å²) in [6.07, 6.45) is 3.16. The SMILES string of the molecule is CCc1cn([C@H]2C[C@H](O)[C@H](N(C)S(=O)(=O)O)O2)c2ncncc12. The van der Waals surface area contributed by atoms with Crippen LogP contribution in [0.4, 0.5) is 0 Å². The fraction of sp³-hybridized carbons (Fsp3) is 0.538. The summed E-state index contributed by atoms with van der Waals surface area (Å²) < 4.78 is 39.6. The molecule has 0 saturated carbocycles. The van der Waals surface area contributed by atoms with Gasteiger partial charge in [0.05, 0.1) is 6.10 Å². The average Bonchev–Trinajstić information content (AvgIpc) is 3.06. The normalized spacial score (nSPS) is 25.5. The molecule has 0 aromatic carbocycles. The van der Waals surface area contributed by atoms with Crippen LogP contribution in [0.1, 0.15) is 25.1 Å². The minimum Gasteiger partial charge on any atom is -0.389 e. The van der Waals surface area contributed by atoms with E-state index in [0.717, 1.165) is 24.4 Å². The summed E-state index contributed by atoms with van der Waals surface area (Å²) in [5.41, 5.74) is 1.69. The fourth-order valence-electron chi connectivity index (χ4n) is 2.82. The second-order valence-electron chi connectivity index (χ2n) is 5.45. The van der Waals surface area contributed by atoms with Gasteiger partial charge in [-0.05, 0) is 12.0 Å². The van der Waals surface area contributed by atoms with Crippen molar-refractivity contribution in [3.63, 3.8) is 0 Å². The fourth-order valence-corrected chi connectivity index (χ4v) is 3.28. The number of aromatic nitrogens is 3. The number of hydrogen-bond donors (Lipinski definition) is 2. The molecule has 2 aromatic heterocycles. The molecule has 1 aliphatic rings. The van der Waals surface area contributed by atoms with Crippen LogP contribution in [0.5, 0.6) is 0 Å². The predicted octanol–water partition coefficient (Wildman–Crippen LogP) is 0.334. The standard InChI is InChI=1S/C13H18N4O5S/c1-3-8-6-17(12-9(8)5-14-7-15-12)11-4-10(18)13(22-11)16(2)23(19,20)21/h5-7,10-11,13,18H,3-4H2,1-2H3,(H,19,20,21)/t10-,11+,13+/m0/s1. The van der Waals surface area contributed by atoms with E-state index in [0.29, 0.717) is 9.95 Å². The Labute approximate surface area is 133 Å². The van der Waals surface area contributed by atoms with Gasteiger partial charge in [0.1, 0.15) is 18.2 Å². The molecule has 0 bridgehead atoms. The lowest BCUT2D eigenvalue weighted by Gasteiger charge is -2.23. The first-order valence-corrected chi connectivity index (χ1v) is 8.56. The maximum atomic E-state index is 11.2. The molecule has 126 valence electrons. The maximum absolute atomic E-state index is 11.2. The second-order valence-corrected chi connectivity index (χ2v) is 6.93. The molecule has 2 N–H and O–H groups in total. The van der Waals surface area contributed by atoms with Crippen LogP contribution in [-0.2, 0) is 21.5 Å². The maximum Gasteiger partial charge on any atom is 0.337 e. The minimum absolute atomic E-state index is 0.182. The van der Waals surface area contributed by atoms with Gasteiger partial charge in [-0.25, -0.2) is 9.97 Å². The molecule has 10 heteroatoms. The Hall–Kier alpha value is -1.59. The van der Waals surface area contributed by atoms with Gasteiger partial charge in [-0.1, -0.05) is 6.92 Å². The molecule has 3 atom stereocenters. The van der Waals surface area contributed by atoms with Gasteiger partial charge in [0.25, 0.3) is 0 Å². The molecule has 3 rings (SSSR count). The Morgan fingerprint density at radius 1 is 1.52 bits per heavy atom. The summed E-state index contributed by atoms with van der Waals surface area (Å²) in [6.45, 7) is 2.01. The highest BCUT2D eigenvalue weighted by Gasteiger charge is 2.41. The van der Waals surface area contributed by atoms with Crippen molar-refractivity contribution in [1.29, 1.82) is 0 Å². The third-order valence-corrected chi connectivity index (χ3v) is 4.99. The number of likely N-dealkylation sites (N-methyl/N-ethyl adjacent to an activating group) is 1. The Morgan fingerprint density at radius 2 is 2.26 bits per heavy atom. The number of hydrogen-bond acceptors (Lipinski definition) is 6. The zero-order chi connectivity index (χ0) is 16.8. The molecular weight excluding hydrogens is 324 g/mol. The zero-order valence-electron chi connectivity index (χ0n) is 12.7. The van der Waals surface area contributed by atoms with Gasteiger partial charge in [0.2, 0.25) is 0 Å². The van der Waals surface area contributed by atoms with Crippen LogP contribution < -0.4 is 0 Å². The number of fused-ring (bicyclic) bond motifs is 1. The van der Waals surface area contributed by atoms with E-state index in [-0.39, 0.29) is 6.42 Å². The number of nitrogens with zero attached hydrogens (tertiary/aromatic N) is 4. The van der Waals surface area contributed by atoms with Gasteiger partial charge >= 0.3 is 10.3 Å². The van der Waals surface area contributed by atoms with Gasteiger partial charge in [-0.2, -0.15) is 12.7 Å². The van der Waals surface area contributed by atoms with Crippen molar-refractivity contribution in [2.45, 2.75) is 38.3 Å². The number of ether oxygens (including phenoxy) is 1. The number of aliphatic hydroxyl groups is 1. The molecule has 0 unspecified atom stereocenters. The van der Waals surface area contributed by atoms with E-state index in [9.17, 15) is 13.5 Å². The first-order valence-electron chi connectivity index (χ1n) is 7.16. The monoisotopic (exact) mass is 342 g/mol. The minimum atomic E-state index is -4.45. The third kappa shape index (κ3) is 2.83. The van der Waals surface area contributed by atoms with Crippen molar-refractivity contribution in [2.24, 2.45) is 0 Å². The Morgan fingerprint density at radius 3 is 2.91 bits per heavy atom. The van der Waals surface area contributed by atoms with E-state index in [2.05, 4.69) is 9.97 Å². The van der Waals surface area contributed by atoms with E-state index >= 15 is 0 Å². The molecule has 0 amide bonds. The van der Waals surface area contributed by atoms with Crippen LogP contribution in [0.15, 0.2) is 18.7 Å². The molecule has 0 radical (unpaired) electrons. The highest BCUT2D eigenvalue weighted by atomic mass is 32.2. The lowest BCUT2D eigenvalue weighted by atomic mass is 10.2. The molecule has 2 aromatic rings. The number of aryl methyl sites for hydroxylation is 1. The summed E-state index contributed by atoms with van der Waals surface area (Å²) >= 11 is 0. The smallest absolute Gasteiger partial charge is 0.337 e. The molecule has 3 heterocycles. The number of rotatable bonds is 4. The largest absolute Gasteiger partial charge is 0.389 e. The van der Waals surface area contributed by atoms with Crippen molar-refractivity contribution in [1.82, 2.24) is 18.8 Å². The van der Waals surface area contributed by atoms with Crippen LogP contribution in [0.3, 0.4) is 0 Å². The van der Waals surface area contributed by atoms with Crippen molar-refractivity contribution in [3.05, 3.63) is 24.3 Å². The average molecular weight is 342 g/mol. The Balaban J connectivity index is 1.95. The van der Waals surface area contributed by atoms with E-state index in [4.69, 9.17) is 9.29 Å². The quantitative estimate of drug-likeness (QED) is 0.769. The lowest BCUT2D eigenvalue weighted by Crippen LogP contribution is -2.42. The highest BCUT2D eigenvalue weighted by molar-refractivity contribution is 7.83. The molecule has 0 aliphatic carbocycles. The van der Waals surface area contributed by atoms with Crippen molar-refractivity contribution < 1.29 is 22.8 Å². The Bertz CT molecular complexity index is 821. The first kappa shape index (κ1) is 16.3. The molecule has 1 aliphatic heterocycles. The third-order valence-electron chi connectivity index (χ3n) is 4.06. The molecular formula is C13H18N4O5S. The van der Waals surface area contributed by atoms with Crippen LogP contribution in [-0.4, -0.2) is 56.3 Å². The molecule has 1 saturated heterocycles. The summed E-state index contributed by atoms with van der Waals surface area (Å²) in [5.74, 6) is 0. The van der Waals surface area contributed by atoms with Crippen molar-refractivity contribution in [3.8, 4) is 0 Å². The summed E-state index contributed by atoms with van der Waals surface area (Å²) in [7, 11) is -3.30. The summed E-state index contributed by atoms with van der Waals surface area (Å²) in [5, 5.41) is 11.0. The van der Waals surface area contributed by atoms with Gasteiger partial charge in [-0.3, -0.25) is 4.55 Å². The van der Waals surface area contributed by atoms with Gasteiger partial charge in [-0.15, -0.1) is 0 Å². The second kappa shape index (κ2) is 5.80. The highest BCUT2D eigenvalue weighted by Crippen LogP contribution is 2.34. The van der Waals surface area contributed by atoms with Crippen LogP contribution in [0.2, 0.25) is 0 Å². The topological polar surface area (TPSA) is 118 Å². The van der Waals surface area contributed by atoms with E-state index < -0.39 is 28.9 Å².